The van der Waals surface area contributed by atoms with Gasteiger partial charge in [-0.1, -0.05) is 64.0 Å². The number of benzene rings is 2. The second kappa shape index (κ2) is 9.78. The number of halogens is 1. The van der Waals surface area contributed by atoms with Crippen LogP contribution < -0.4 is 5.32 Å². The summed E-state index contributed by atoms with van der Waals surface area (Å²) in [5, 5.41) is 3.00. The molecular weight excluding hydrogens is 370 g/mol. The molecule has 23 heavy (non-hydrogen) atoms. The van der Waals surface area contributed by atoms with E-state index in [1.807, 2.05) is 18.2 Å². The van der Waals surface area contributed by atoms with Crippen LogP contribution in [0, 0.1) is 6.92 Å². The first-order valence-electron chi connectivity index (χ1n) is 7.78. The normalized spacial score (nSPS) is 10.5. The maximum Gasteiger partial charge on any atom is 0.230 e. The van der Waals surface area contributed by atoms with E-state index in [9.17, 15) is 4.79 Å². The Morgan fingerprint density at radius 1 is 1.17 bits per heavy atom. The smallest absolute Gasteiger partial charge is 0.230 e. The molecule has 2 rings (SSSR count). The van der Waals surface area contributed by atoms with Crippen molar-refractivity contribution in [2.45, 2.75) is 25.5 Å². The van der Waals surface area contributed by atoms with Crippen LogP contribution in [0.3, 0.4) is 0 Å². The van der Waals surface area contributed by atoms with Crippen molar-refractivity contribution in [1.29, 1.82) is 0 Å². The molecule has 1 amide bonds. The predicted octanol–water partition coefficient (Wildman–Crippen LogP) is 4.74. The Morgan fingerprint density at radius 2 is 2.00 bits per heavy atom. The molecule has 0 radical (unpaired) electrons. The van der Waals surface area contributed by atoms with Crippen LogP contribution in [-0.2, 0) is 17.0 Å². The van der Waals surface area contributed by atoms with Gasteiger partial charge in [-0.25, -0.2) is 0 Å². The molecule has 0 aliphatic heterocycles. The minimum Gasteiger partial charge on any atom is -0.355 e. The Bertz CT molecular complexity index is 645. The predicted molar refractivity (Wildman–Crippen MR) is 103 cm³/mol. The van der Waals surface area contributed by atoms with Crippen molar-refractivity contribution in [2.75, 3.05) is 12.3 Å². The van der Waals surface area contributed by atoms with Gasteiger partial charge in [0.05, 0.1) is 5.75 Å². The first-order valence-corrected chi connectivity index (χ1v) is 9.73. The van der Waals surface area contributed by atoms with Gasteiger partial charge in [0, 0.05) is 16.8 Å². The van der Waals surface area contributed by atoms with E-state index in [4.69, 9.17) is 0 Å². The second-order valence-corrected chi connectivity index (χ2v) is 7.37. The van der Waals surface area contributed by atoms with Crippen LogP contribution in [0.25, 0.3) is 0 Å². The molecular formula is C19H22BrNOS. The van der Waals surface area contributed by atoms with E-state index >= 15 is 0 Å². The van der Waals surface area contributed by atoms with Crippen LogP contribution in [0.5, 0.6) is 0 Å². The lowest BCUT2D eigenvalue weighted by Gasteiger charge is -2.07. The molecule has 0 aromatic heterocycles. The molecule has 0 aliphatic carbocycles. The SMILES string of the molecule is Cc1cccc(CCCNC(=O)CSCc2ccccc2Br)c1. The standard InChI is InChI=1S/C19H22BrNOS/c1-15-6-4-7-16(12-15)8-5-11-21-19(22)14-23-13-17-9-2-3-10-18(17)20/h2-4,6-7,9-10,12H,5,8,11,13-14H2,1H3,(H,21,22). The molecule has 0 atom stereocenters. The molecule has 0 saturated carbocycles. The first kappa shape index (κ1) is 18.1. The number of carbonyl (C=O) groups excluding carboxylic acids is 1. The highest BCUT2D eigenvalue weighted by molar-refractivity contribution is 9.10. The average Bonchev–Trinajstić information content (AvgIpc) is 2.53. The number of aryl methyl sites for hydroxylation is 2. The largest absolute Gasteiger partial charge is 0.355 e. The lowest BCUT2D eigenvalue weighted by atomic mass is 10.1. The minimum atomic E-state index is 0.117. The lowest BCUT2D eigenvalue weighted by Crippen LogP contribution is -2.26. The molecule has 4 heteroatoms. The Hall–Kier alpha value is -1.26. The van der Waals surface area contributed by atoms with Gasteiger partial charge in [-0.15, -0.1) is 11.8 Å². The van der Waals surface area contributed by atoms with Gasteiger partial charge in [0.2, 0.25) is 5.91 Å². The van der Waals surface area contributed by atoms with Gasteiger partial charge in [-0.3, -0.25) is 4.79 Å². The maximum atomic E-state index is 11.8. The second-order valence-electron chi connectivity index (χ2n) is 5.53. The summed E-state index contributed by atoms with van der Waals surface area (Å²) in [4.78, 5) is 11.8. The number of nitrogens with one attached hydrogen (secondary N) is 1. The summed E-state index contributed by atoms with van der Waals surface area (Å²) < 4.78 is 1.10. The maximum absolute atomic E-state index is 11.8. The quantitative estimate of drug-likeness (QED) is 0.658. The van der Waals surface area contributed by atoms with Gasteiger partial charge in [0.15, 0.2) is 0 Å². The highest BCUT2D eigenvalue weighted by atomic mass is 79.9. The molecule has 0 spiro atoms. The van der Waals surface area contributed by atoms with Crippen LogP contribution in [0.2, 0.25) is 0 Å². The third-order valence-corrected chi connectivity index (χ3v) is 5.25. The van der Waals surface area contributed by atoms with Gasteiger partial charge in [0.1, 0.15) is 0 Å². The zero-order chi connectivity index (χ0) is 16.5. The number of carbonyl (C=O) groups is 1. The van der Waals surface area contributed by atoms with E-state index in [0.29, 0.717) is 5.75 Å². The van der Waals surface area contributed by atoms with Crippen LogP contribution in [0.4, 0.5) is 0 Å². The highest BCUT2D eigenvalue weighted by Crippen LogP contribution is 2.21. The molecule has 2 aromatic carbocycles. The third kappa shape index (κ3) is 6.80. The van der Waals surface area contributed by atoms with Crippen LogP contribution >= 0.6 is 27.7 Å². The number of amides is 1. The van der Waals surface area contributed by atoms with Gasteiger partial charge in [-0.2, -0.15) is 0 Å². The fourth-order valence-corrected chi connectivity index (χ4v) is 3.78. The minimum absolute atomic E-state index is 0.117. The molecule has 1 N–H and O–H groups in total. The van der Waals surface area contributed by atoms with Gasteiger partial charge in [0.25, 0.3) is 0 Å². The van der Waals surface area contributed by atoms with Crippen LogP contribution in [0.15, 0.2) is 53.0 Å². The summed E-state index contributed by atoms with van der Waals surface area (Å²) in [6, 6.07) is 16.7. The topological polar surface area (TPSA) is 29.1 Å². The van der Waals surface area contributed by atoms with Crippen molar-refractivity contribution >= 4 is 33.6 Å². The number of hydrogen-bond donors (Lipinski definition) is 1. The Kier molecular flexibility index (Phi) is 7.69. The molecule has 0 heterocycles. The van der Waals surface area contributed by atoms with E-state index < -0.39 is 0 Å². The lowest BCUT2D eigenvalue weighted by molar-refractivity contribution is -0.118. The van der Waals surface area contributed by atoms with Crippen molar-refractivity contribution < 1.29 is 4.79 Å². The highest BCUT2D eigenvalue weighted by Gasteiger charge is 2.03. The Balaban J connectivity index is 1.59. The Labute approximate surface area is 151 Å². The van der Waals surface area contributed by atoms with Crippen molar-refractivity contribution in [3.63, 3.8) is 0 Å². The van der Waals surface area contributed by atoms with E-state index in [2.05, 4.69) is 58.5 Å². The van der Waals surface area contributed by atoms with E-state index in [-0.39, 0.29) is 5.91 Å². The average molecular weight is 392 g/mol. The number of rotatable bonds is 8. The molecule has 0 bridgehead atoms. The zero-order valence-electron chi connectivity index (χ0n) is 13.3. The van der Waals surface area contributed by atoms with Crippen molar-refractivity contribution in [1.82, 2.24) is 5.32 Å². The van der Waals surface area contributed by atoms with Gasteiger partial charge in [-0.05, 0) is 37.0 Å². The zero-order valence-corrected chi connectivity index (χ0v) is 15.8. The third-order valence-electron chi connectivity index (χ3n) is 3.50. The van der Waals surface area contributed by atoms with Crippen molar-refractivity contribution in [3.05, 3.63) is 69.7 Å². The van der Waals surface area contributed by atoms with E-state index in [1.165, 1.54) is 16.7 Å². The van der Waals surface area contributed by atoms with Crippen LogP contribution in [0.1, 0.15) is 23.1 Å². The van der Waals surface area contributed by atoms with Crippen molar-refractivity contribution in [2.24, 2.45) is 0 Å². The summed E-state index contributed by atoms with van der Waals surface area (Å²) in [5.74, 6) is 1.47. The summed E-state index contributed by atoms with van der Waals surface area (Å²) >= 11 is 5.17. The summed E-state index contributed by atoms with van der Waals surface area (Å²) in [7, 11) is 0. The fraction of sp³-hybridized carbons (Fsp3) is 0.316. The molecule has 0 unspecified atom stereocenters. The van der Waals surface area contributed by atoms with E-state index in [0.717, 1.165) is 29.6 Å². The number of thioether (sulfide) groups is 1. The van der Waals surface area contributed by atoms with Crippen LogP contribution in [-0.4, -0.2) is 18.2 Å². The summed E-state index contributed by atoms with van der Waals surface area (Å²) in [6.07, 6.45) is 1.98. The van der Waals surface area contributed by atoms with Gasteiger partial charge >= 0.3 is 0 Å². The molecule has 0 aliphatic rings. The molecule has 0 saturated heterocycles. The summed E-state index contributed by atoms with van der Waals surface area (Å²) in [6.45, 7) is 2.84. The molecule has 2 nitrogen and oxygen atoms in total. The molecule has 0 fully saturated rings. The fourth-order valence-electron chi connectivity index (χ4n) is 2.31. The Morgan fingerprint density at radius 3 is 2.78 bits per heavy atom. The molecule has 2 aromatic rings. The summed E-state index contributed by atoms with van der Waals surface area (Å²) in [5.41, 5.74) is 3.85. The number of hydrogen-bond acceptors (Lipinski definition) is 2. The van der Waals surface area contributed by atoms with E-state index in [1.54, 1.807) is 11.8 Å². The van der Waals surface area contributed by atoms with Crippen molar-refractivity contribution in [3.8, 4) is 0 Å². The molecule has 122 valence electrons. The monoisotopic (exact) mass is 391 g/mol. The first-order chi connectivity index (χ1) is 11.1. The van der Waals surface area contributed by atoms with Gasteiger partial charge < -0.3 is 5.32 Å².